The van der Waals surface area contributed by atoms with Crippen molar-refractivity contribution in [2.75, 3.05) is 0 Å². The Bertz CT molecular complexity index is 994. The van der Waals surface area contributed by atoms with Gasteiger partial charge in [-0.2, -0.15) is 0 Å². The van der Waals surface area contributed by atoms with Gasteiger partial charge in [0.05, 0.1) is 0 Å². The smallest absolute Gasteiger partial charge is 0.361 e. The standard InChI is InChI=1S/C17H12FNOSSi/c1-3-4-11-5-6-16-13(7-11)14-8-12(10(2)19-22-20)15(18)9-17(14)21-16/h5-9,22H,1-2H3/b19-10+. The van der Waals surface area contributed by atoms with E-state index in [-0.39, 0.29) is 5.82 Å². The van der Waals surface area contributed by atoms with E-state index in [0.717, 1.165) is 25.7 Å². The van der Waals surface area contributed by atoms with E-state index < -0.39 is 9.57 Å². The Balaban J connectivity index is 2.34. The van der Waals surface area contributed by atoms with Gasteiger partial charge in [0.25, 0.3) is 0 Å². The first-order valence-electron chi connectivity index (χ1n) is 6.71. The second-order valence-electron chi connectivity index (χ2n) is 4.84. The molecule has 0 atom stereocenters. The van der Waals surface area contributed by atoms with Crippen LogP contribution in [0.2, 0.25) is 0 Å². The first kappa shape index (κ1) is 14.8. The normalized spacial score (nSPS) is 11.5. The second kappa shape index (κ2) is 5.91. The van der Waals surface area contributed by atoms with E-state index >= 15 is 0 Å². The number of halogens is 1. The highest BCUT2D eigenvalue weighted by Gasteiger charge is 2.12. The average Bonchev–Trinajstić information content (AvgIpc) is 2.83. The third-order valence-corrected chi connectivity index (χ3v) is 5.09. The van der Waals surface area contributed by atoms with Gasteiger partial charge in [0, 0.05) is 37.0 Å². The van der Waals surface area contributed by atoms with Crippen molar-refractivity contribution in [3.8, 4) is 11.8 Å². The molecule has 2 nitrogen and oxygen atoms in total. The average molecular weight is 325 g/mol. The van der Waals surface area contributed by atoms with Crippen LogP contribution in [0, 0.1) is 17.7 Å². The summed E-state index contributed by atoms with van der Waals surface area (Å²) in [6.07, 6.45) is 0. The summed E-state index contributed by atoms with van der Waals surface area (Å²) in [6.45, 7) is 3.48. The van der Waals surface area contributed by atoms with E-state index in [9.17, 15) is 8.85 Å². The Morgan fingerprint density at radius 3 is 2.73 bits per heavy atom. The fourth-order valence-electron chi connectivity index (χ4n) is 2.45. The van der Waals surface area contributed by atoms with Gasteiger partial charge in [0.15, 0.2) is 0 Å². The molecule has 0 saturated heterocycles. The highest BCUT2D eigenvalue weighted by molar-refractivity contribution is 7.25. The van der Waals surface area contributed by atoms with E-state index in [4.69, 9.17) is 0 Å². The lowest BCUT2D eigenvalue weighted by Gasteiger charge is -2.02. The van der Waals surface area contributed by atoms with Crippen molar-refractivity contribution in [3.05, 3.63) is 47.3 Å². The SMILES string of the molecule is CC#Cc1ccc2sc3cc(F)c(/C(C)=N/[SiH]=O)cc3c2c1. The maximum atomic E-state index is 14.2. The van der Waals surface area contributed by atoms with Gasteiger partial charge >= 0.3 is 9.57 Å². The zero-order chi connectivity index (χ0) is 15.7. The molecule has 0 fully saturated rings. The number of thiophene rings is 1. The lowest BCUT2D eigenvalue weighted by molar-refractivity contribution is 0.578. The van der Waals surface area contributed by atoms with Crippen LogP contribution in [0.1, 0.15) is 25.0 Å². The fourth-order valence-corrected chi connectivity index (χ4v) is 3.84. The van der Waals surface area contributed by atoms with Gasteiger partial charge in [0.2, 0.25) is 0 Å². The van der Waals surface area contributed by atoms with Crippen molar-refractivity contribution >= 4 is 46.8 Å². The molecule has 2 aromatic carbocycles. The van der Waals surface area contributed by atoms with Crippen molar-refractivity contribution in [1.82, 2.24) is 0 Å². The Morgan fingerprint density at radius 2 is 2.00 bits per heavy atom. The largest absolute Gasteiger partial charge is 0.403 e. The van der Waals surface area contributed by atoms with Crippen molar-refractivity contribution in [1.29, 1.82) is 0 Å². The zero-order valence-corrected chi connectivity index (χ0v) is 14.1. The summed E-state index contributed by atoms with van der Waals surface area (Å²) >= 11 is 1.55. The summed E-state index contributed by atoms with van der Waals surface area (Å²) in [5.41, 5.74) is 1.81. The molecule has 0 radical (unpaired) electrons. The fraction of sp³-hybridized carbons (Fsp3) is 0.118. The van der Waals surface area contributed by atoms with Gasteiger partial charge in [-0.05, 0) is 44.2 Å². The van der Waals surface area contributed by atoms with E-state index in [1.807, 2.05) is 18.2 Å². The summed E-state index contributed by atoms with van der Waals surface area (Å²) in [4.78, 5) is 0. The monoisotopic (exact) mass is 325 g/mol. The Kier molecular flexibility index (Phi) is 3.97. The quantitative estimate of drug-likeness (QED) is 0.397. The molecule has 0 aliphatic rings. The number of rotatable bonds is 2. The molecule has 108 valence electrons. The third-order valence-electron chi connectivity index (χ3n) is 3.46. The van der Waals surface area contributed by atoms with E-state index in [0.29, 0.717) is 11.3 Å². The summed E-state index contributed by atoms with van der Waals surface area (Å²) in [5.74, 6) is 5.60. The molecule has 1 heterocycles. The summed E-state index contributed by atoms with van der Waals surface area (Å²) in [6, 6.07) is 9.33. The molecule has 0 aliphatic carbocycles. The predicted octanol–water partition coefficient (Wildman–Crippen LogP) is 4.07. The van der Waals surface area contributed by atoms with Crippen molar-refractivity contribution < 1.29 is 8.85 Å². The predicted molar refractivity (Wildman–Crippen MR) is 91.9 cm³/mol. The first-order chi connectivity index (χ1) is 10.6. The lowest BCUT2D eigenvalue weighted by Crippen LogP contribution is -1.99. The molecule has 0 saturated carbocycles. The Morgan fingerprint density at radius 1 is 1.23 bits per heavy atom. The molecule has 0 N–H and O–H groups in total. The number of benzene rings is 2. The number of nitrogens with zero attached hydrogens (tertiary/aromatic N) is 1. The van der Waals surface area contributed by atoms with Gasteiger partial charge in [-0.15, -0.1) is 17.3 Å². The summed E-state index contributed by atoms with van der Waals surface area (Å²) < 4.78 is 30.8. The molecular formula is C17H12FNOSSi. The molecule has 3 rings (SSSR count). The van der Waals surface area contributed by atoms with Crippen LogP contribution in [-0.2, 0) is 4.46 Å². The van der Waals surface area contributed by atoms with Gasteiger partial charge in [-0.3, -0.25) is 4.66 Å². The highest BCUT2D eigenvalue weighted by atomic mass is 32.1. The molecule has 5 heteroatoms. The van der Waals surface area contributed by atoms with Crippen LogP contribution < -0.4 is 0 Å². The topological polar surface area (TPSA) is 29.4 Å². The van der Waals surface area contributed by atoms with Gasteiger partial charge in [-0.25, -0.2) is 4.39 Å². The van der Waals surface area contributed by atoms with Gasteiger partial charge in [0.1, 0.15) is 5.82 Å². The van der Waals surface area contributed by atoms with Gasteiger partial charge in [-0.1, -0.05) is 5.92 Å². The highest BCUT2D eigenvalue weighted by Crippen LogP contribution is 2.35. The molecule has 0 aliphatic heterocycles. The van der Waals surface area contributed by atoms with Crippen LogP contribution in [-0.4, -0.2) is 15.3 Å². The Labute approximate surface area is 133 Å². The molecular weight excluding hydrogens is 313 g/mol. The summed E-state index contributed by atoms with van der Waals surface area (Å²) in [5, 5.41) is 2.04. The lowest BCUT2D eigenvalue weighted by atomic mass is 10.0. The molecule has 0 bridgehead atoms. The van der Waals surface area contributed by atoms with Gasteiger partial charge < -0.3 is 4.46 Å². The van der Waals surface area contributed by atoms with Crippen LogP contribution in [0.15, 0.2) is 35.0 Å². The number of hydrogen-bond donors (Lipinski definition) is 0. The molecule has 22 heavy (non-hydrogen) atoms. The second-order valence-corrected chi connectivity index (χ2v) is 6.39. The van der Waals surface area contributed by atoms with Crippen LogP contribution >= 0.6 is 11.3 Å². The van der Waals surface area contributed by atoms with Crippen molar-refractivity contribution in [2.45, 2.75) is 13.8 Å². The number of fused-ring (bicyclic) bond motifs is 3. The number of hydrogen-bond acceptors (Lipinski definition) is 2. The molecule has 0 amide bonds. The molecule has 0 unspecified atom stereocenters. The van der Waals surface area contributed by atoms with Crippen LogP contribution in [0.25, 0.3) is 20.2 Å². The Hall–Kier alpha value is -2.16. The first-order valence-corrected chi connectivity index (χ1v) is 8.51. The molecule has 3 aromatic rings. The van der Waals surface area contributed by atoms with E-state index in [1.165, 1.54) is 6.07 Å². The van der Waals surface area contributed by atoms with Crippen molar-refractivity contribution in [2.24, 2.45) is 4.66 Å². The van der Waals surface area contributed by atoms with Crippen molar-refractivity contribution in [3.63, 3.8) is 0 Å². The zero-order valence-electron chi connectivity index (χ0n) is 12.1. The maximum absolute atomic E-state index is 14.2. The minimum absolute atomic E-state index is 0.332. The van der Waals surface area contributed by atoms with E-state index in [2.05, 4.69) is 16.5 Å². The third kappa shape index (κ3) is 2.52. The minimum atomic E-state index is -1.28. The maximum Gasteiger partial charge on any atom is 0.403 e. The van der Waals surface area contributed by atoms with Crippen LogP contribution in [0.4, 0.5) is 4.39 Å². The molecule has 0 spiro atoms. The molecule has 1 aromatic heterocycles. The van der Waals surface area contributed by atoms with E-state index in [1.54, 1.807) is 31.3 Å². The van der Waals surface area contributed by atoms with Crippen LogP contribution in [0.3, 0.4) is 0 Å². The summed E-state index contributed by atoms with van der Waals surface area (Å²) in [7, 11) is -1.28. The van der Waals surface area contributed by atoms with Crippen LogP contribution in [0.5, 0.6) is 0 Å². The minimum Gasteiger partial charge on any atom is -0.361 e.